The van der Waals surface area contributed by atoms with E-state index in [9.17, 15) is 9.59 Å². The summed E-state index contributed by atoms with van der Waals surface area (Å²) in [5.41, 5.74) is 7.38. The molecule has 1 saturated heterocycles. The predicted molar refractivity (Wildman–Crippen MR) is 120 cm³/mol. The van der Waals surface area contributed by atoms with Crippen LogP contribution in [0.3, 0.4) is 0 Å². The summed E-state index contributed by atoms with van der Waals surface area (Å²) in [5.74, 6) is 0.104. The Bertz CT molecular complexity index is 943. The standard InChI is InChI=1S/C22H29N7O2/c1-4-18(30)29-12-6-5-7-17(13-29)25-22-26-21(19(20(23)31)27-28-22)24-16-10-8-15(9-11-16)14(2)3/h4,8-11,14,17H,1,5-7,12-13H2,2-3H3,(H2,23,31)(H2,24,25,26,28). The third-order valence-electron chi connectivity index (χ3n) is 5.25. The molecule has 1 unspecified atom stereocenters. The van der Waals surface area contributed by atoms with Crippen LogP contribution in [0, 0.1) is 0 Å². The Balaban J connectivity index is 1.79. The van der Waals surface area contributed by atoms with Crippen LogP contribution in [0.5, 0.6) is 0 Å². The van der Waals surface area contributed by atoms with Gasteiger partial charge in [0.15, 0.2) is 11.5 Å². The third kappa shape index (κ3) is 5.78. The average molecular weight is 424 g/mol. The van der Waals surface area contributed by atoms with Crippen LogP contribution in [0.25, 0.3) is 0 Å². The number of primary amides is 1. The number of hydrogen-bond acceptors (Lipinski definition) is 7. The molecular weight excluding hydrogens is 394 g/mol. The van der Waals surface area contributed by atoms with Crippen molar-refractivity contribution in [2.75, 3.05) is 23.7 Å². The molecule has 2 heterocycles. The number of aromatic nitrogens is 3. The monoisotopic (exact) mass is 423 g/mol. The highest BCUT2D eigenvalue weighted by Gasteiger charge is 2.22. The van der Waals surface area contributed by atoms with Crippen molar-refractivity contribution in [2.24, 2.45) is 5.73 Å². The second-order valence-corrected chi connectivity index (χ2v) is 7.92. The number of carbonyl (C=O) groups excluding carboxylic acids is 2. The first-order valence-corrected chi connectivity index (χ1v) is 10.5. The fourth-order valence-electron chi connectivity index (χ4n) is 3.50. The molecule has 1 aromatic heterocycles. The van der Waals surface area contributed by atoms with E-state index in [4.69, 9.17) is 5.73 Å². The van der Waals surface area contributed by atoms with Gasteiger partial charge in [0.2, 0.25) is 11.9 Å². The minimum absolute atomic E-state index is 0.0363. The minimum Gasteiger partial charge on any atom is -0.364 e. The maximum Gasteiger partial charge on any atom is 0.273 e. The molecule has 2 aromatic rings. The molecule has 3 rings (SSSR count). The van der Waals surface area contributed by atoms with Crippen molar-refractivity contribution in [1.82, 2.24) is 20.1 Å². The molecule has 164 valence electrons. The van der Waals surface area contributed by atoms with Gasteiger partial charge in [-0.2, -0.15) is 4.98 Å². The largest absolute Gasteiger partial charge is 0.364 e. The second kappa shape index (κ2) is 10.0. The molecule has 0 saturated carbocycles. The lowest BCUT2D eigenvalue weighted by atomic mass is 10.0. The average Bonchev–Trinajstić information content (AvgIpc) is 2.99. The van der Waals surface area contributed by atoms with Gasteiger partial charge in [0.05, 0.1) is 0 Å². The van der Waals surface area contributed by atoms with Gasteiger partial charge in [0, 0.05) is 24.8 Å². The summed E-state index contributed by atoms with van der Waals surface area (Å²) in [6.45, 7) is 9.03. The van der Waals surface area contributed by atoms with Crippen LogP contribution in [0.1, 0.15) is 55.1 Å². The van der Waals surface area contributed by atoms with E-state index in [-0.39, 0.29) is 29.4 Å². The van der Waals surface area contributed by atoms with E-state index >= 15 is 0 Å². The van der Waals surface area contributed by atoms with Crippen LogP contribution in [-0.2, 0) is 4.79 Å². The highest BCUT2D eigenvalue weighted by molar-refractivity contribution is 5.96. The van der Waals surface area contributed by atoms with Gasteiger partial charge in [-0.05, 0) is 49.0 Å². The lowest BCUT2D eigenvalue weighted by Gasteiger charge is -2.24. The van der Waals surface area contributed by atoms with Crippen molar-refractivity contribution >= 4 is 29.3 Å². The van der Waals surface area contributed by atoms with Gasteiger partial charge in [0.25, 0.3) is 5.91 Å². The summed E-state index contributed by atoms with van der Waals surface area (Å²) in [6, 6.07) is 7.83. The Hall–Kier alpha value is -3.49. The predicted octanol–water partition coefficient (Wildman–Crippen LogP) is 2.82. The number of carbonyl (C=O) groups is 2. The number of likely N-dealkylation sites (tertiary alicyclic amines) is 1. The molecule has 1 fully saturated rings. The SMILES string of the molecule is C=CC(=O)N1CCCCC(Nc2nnc(C(N)=O)c(Nc3ccc(C(C)C)cc3)n2)C1. The van der Waals surface area contributed by atoms with Crippen LogP contribution in [-0.4, -0.2) is 51.0 Å². The molecule has 2 amide bonds. The maximum absolute atomic E-state index is 12.0. The molecule has 4 N–H and O–H groups in total. The Morgan fingerprint density at radius 2 is 1.97 bits per heavy atom. The second-order valence-electron chi connectivity index (χ2n) is 7.92. The molecule has 9 heteroatoms. The number of hydrogen-bond donors (Lipinski definition) is 3. The van der Waals surface area contributed by atoms with Crippen LogP contribution in [0.2, 0.25) is 0 Å². The summed E-state index contributed by atoms with van der Waals surface area (Å²) >= 11 is 0. The number of rotatable bonds is 7. The quantitative estimate of drug-likeness (QED) is 0.585. The molecule has 1 aromatic carbocycles. The summed E-state index contributed by atoms with van der Waals surface area (Å²) in [7, 11) is 0. The highest BCUT2D eigenvalue weighted by atomic mass is 16.2. The molecule has 0 spiro atoms. The van der Waals surface area contributed by atoms with Gasteiger partial charge in [-0.15, -0.1) is 10.2 Å². The summed E-state index contributed by atoms with van der Waals surface area (Å²) in [5, 5.41) is 14.3. The fourth-order valence-corrected chi connectivity index (χ4v) is 3.50. The highest BCUT2D eigenvalue weighted by Crippen LogP contribution is 2.22. The van der Waals surface area contributed by atoms with Crippen molar-refractivity contribution in [3.05, 3.63) is 48.2 Å². The van der Waals surface area contributed by atoms with E-state index < -0.39 is 5.91 Å². The molecule has 31 heavy (non-hydrogen) atoms. The number of benzene rings is 1. The summed E-state index contributed by atoms with van der Waals surface area (Å²) < 4.78 is 0. The molecule has 1 aliphatic rings. The molecule has 1 atom stereocenters. The lowest BCUT2D eigenvalue weighted by Crippen LogP contribution is -2.38. The first-order valence-electron chi connectivity index (χ1n) is 10.5. The Morgan fingerprint density at radius 3 is 2.61 bits per heavy atom. The minimum atomic E-state index is -0.718. The van der Waals surface area contributed by atoms with Crippen molar-refractivity contribution in [1.29, 1.82) is 0 Å². The molecule has 0 bridgehead atoms. The number of nitrogens with zero attached hydrogens (tertiary/aromatic N) is 4. The zero-order valence-corrected chi connectivity index (χ0v) is 18.0. The molecule has 0 radical (unpaired) electrons. The molecule has 0 aliphatic carbocycles. The van der Waals surface area contributed by atoms with E-state index in [2.05, 4.69) is 46.2 Å². The van der Waals surface area contributed by atoms with Crippen LogP contribution >= 0.6 is 0 Å². The van der Waals surface area contributed by atoms with Crippen molar-refractivity contribution < 1.29 is 9.59 Å². The smallest absolute Gasteiger partial charge is 0.273 e. The zero-order chi connectivity index (χ0) is 22.4. The Morgan fingerprint density at radius 1 is 1.23 bits per heavy atom. The lowest BCUT2D eigenvalue weighted by molar-refractivity contribution is -0.126. The first-order chi connectivity index (χ1) is 14.9. The van der Waals surface area contributed by atoms with Gasteiger partial charge >= 0.3 is 0 Å². The van der Waals surface area contributed by atoms with E-state index in [1.54, 1.807) is 4.90 Å². The van der Waals surface area contributed by atoms with Gasteiger partial charge in [0.1, 0.15) is 0 Å². The third-order valence-corrected chi connectivity index (χ3v) is 5.25. The summed E-state index contributed by atoms with van der Waals surface area (Å²) in [4.78, 5) is 30.1. The van der Waals surface area contributed by atoms with Crippen molar-refractivity contribution in [3.8, 4) is 0 Å². The van der Waals surface area contributed by atoms with Gasteiger partial charge < -0.3 is 21.3 Å². The van der Waals surface area contributed by atoms with E-state index in [1.807, 2.05) is 24.3 Å². The summed E-state index contributed by atoms with van der Waals surface area (Å²) in [6.07, 6.45) is 4.09. The topological polar surface area (TPSA) is 126 Å². The van der Waals surface area contributed by atoms with Crippen LogP contribution in [0.15, 0.2) is 36.9 Å². The number of nitrogens with two attached hydrogens (primary N) is 1. The number of nitrogens with one attached hydrogen (secondary N) is 2. The van der Waals surface area contributed by atoms with Crippen LogP contribution in [0.4, 0.5) is 17.5 Å². The zero-order valence-electron chi connectivity index (χ0n) is 18.0. The Kier molecular flexibility index (Phi) is 7.17. The normalized spacial score (nSPS) is 16.5. The Labute approximate surface area is 182 Å². The van der Waals surface area contributed by atoms with E-state index in [0.29, 0.717) is 19.0 Å². The molecule has 9 nitrogen and oxygen atoms in total. The van der Waals surface area contributed by atoms with Crippen LogP contribution < -0.4 is 16.4 Å². The van der Waals surface area contributed by atoms with E-state index in [1.165, 1.54) is 11.6 Å². The number of amides is 2. The molecular formula is C22H29N7O2. The van der Waals surface area contributed by atoms with Crippen molar-refractivity contribution in [3.63, 3.8) is 0 Å². The van der Waals surface area contributed by atoms with Gasteiger partial charge in [-0.3, -0.25) is 9.59 Å². The number of anilines is 3. The van der Waals surface area contributed by atoms with Gasteiger partial charge in [-0.1, -0.05) is 32.6 Å². The molecule has 1 aliphatic heterocycles. The first kappa shape index (κ1) is 22.2. The van der Waals surface area contributed by atoms with E-state index in [0.717, 1.165) is 24.9 Å². The maximum atomic E-state index is 12.0. The van der Waals surface area contributed by atoms with Gasteiger partial charge in [-0.25, -0.2) is 0 Å². The van der Waals surface area contributed by atoms with Crippen molar-refractivity contribution in [2.45, 2.75) is 45.1 Å². The fraction of sp³-hybridized carbons (Fsp3) is 0.409.